The molecule has 2 aromatic carbocycles. The molecule has 4 heteroatoms. The molecule has 21 heavy (non-hydrogen) atoms. The summed E-state index contributed by atoms with van der Waals surface area (Å²) in [6, 6.07) is 11.9. The number of nitrogens with two attached hydrogens (primary N) is 1. The standard InChI is InChI=1S/C17H21N3O/c1-20-8-4-7-14(11-20)19-17(21)15-9-12-5-2-3-6-13(12)10-16(15)18/h2-3,5-6,9-10,14H,4,7-8,11,18H2,1H3,(H,19,21). The summed E-state index contributed by atoms with van der Waals surface area (Å²) in [6.45, 7) is 2.00. The van der Waals surface area contributed by atoms with Gasteiger partial charge in [0.15, 0.2) is 0 Å². The third-order valence-electron chi connectivity index (χ3n) is 4.12. The van der Waals surface area contributed by atoms with E-state index in [4.69, 9.17) is 5.73 Å². The van der Waals surface area contributed by atoms with Gasteiger partial charge < -0.3 is 16.0 Å². The summed E-state index contributed by atoms with van der Waals surface area (Å²) in [4.78, 5) is 14.7. The van der Waals surface area contributed by atoms with Crippen molar-refractivity contribution in [2.45, 2.75) is 18.9 Å². The lowest BCUT2D eigenvalue weighted by Gasteiger charge is -2.30. The maximum absolute atomic E-state index is 12.5. The molecule has 1 aliphatic heterocycles. The first kappa shape index (κ1) is 13.9. The first-order valence-electron chi connectivity index (χ1n) is 7.41. The maximum atomic E-state index is 12.5. The molecule has 1 atom stereocenters. The third-order valence-corrected chi connectivity index (χ3v) is 4.12. The van der Waals surface area contributed by atoms with Crippen LogP contribution in [0.3, 0.4) is 0 Å². The van der Waals surface area contributed by atoms with Crippen molar-refractivity contribution >= 4 is 22.4 Å². The van der Waals surface area contributed by atoms with Crippen molar-refractivity contribution in [3.8, 4) is 0 Å². The first-order chi connectivity index (χ1) is 10.1. The lowest BCUT2D eigenvalue weighted by Crippen LogP contribution is -2.46. The Morgan fingerprint density at radius 1 is 1.29 bits per heavy atom. The van der Waals surface area contributed by atoms with Crippen molar-refractivity contribution < 1.29 is 4.79 Å². The smallest absolute Gasteiger partial charge is 0.253 e. The second-order valence-electron chi connectivity index (χ2n) is 5.86. The number of carbonyl (C=O) groups is 1. The van der Waals surface area contributed by atoms with Crippen LogP contribution in [0.1, 0.15) is 23.2 Å². The second-order valence-corrected chi connectivity index (χ2v) is 5.86. The molecule has 0 radical (unpaired) electrons. The lowest BCUT2D eigenvalue weighted by atomic mass is 10.0. The van der Waals surface area contributed by atoms with Crippen molar-refractivity contribution in [1.29, 1.82) is 0 Å². The van der Waals surface area contributed by atoms with Crippen molar-refractivity contribution in [2.75, 3.05) is 25.9 Å². The third kappa shape index (κ3) is 3.00. The van der Waals surface area contributed by atoms with E-state index in [1.54, 1.807) is 0 Å². The van der Waals surface area contributed by atoms with Gasteiger partial charge in [-0.3, -0.25) is 4.79 Å². The van der Waals surface area contributed by atoms with E-state index >= 15 is 0 Å². The predicted molar refractivity (Wildman–Crippen MR) is 86.3 cm³/mol. The van der Waals surface area contributed by atoms with Gasteiger partial charge in [0.05, 0.1) is 5.56 Å². The second kappa shape index (κ2) is 5.74. The number of piperidine rings is 1. The van der Waals surface area contributed by atoms with Gasteiger partial charge in [-0.15, -0.1) is 0 Å². The molecule has 3 rings (SSSR count). The number of hydrogen-bond acceptors (Lipinski definition) is 3. The average Bonchev–Trinajstić information content (AvgIpc) is 2.46. The topological polar surface area (TPSA) is 58.4 Å². The largest absolute Gasteiger partial charge is 0.398 e. The van der Waals surface area contributed by atoms with Crippen LogP contribution in [0, 0.1) is 0 Å². The molecule has 1 aliphatic rings. The minimum absolute atomic E-state index is 0.0708. The van der Waals surface area contributed by atoms with Crippen LogP contribution in [0.25, 0.3) is 10.8 Å². The van der Waals surface area contributed by atoms with E-state index in [-0.39, 0.29) is 11.9 Å². The number of amides is 1. The average molecular weight is 283 g/mol. The molecule has 1 amide bonds. The number of carbonyl (C=O) groups excluding carboxylic acids is 1. The highest BCUT2D eigenvalue weighted by Gasteiger charge is 2.20. The summed E-state index contributed by atoms with van der Waals surface area (Å²) in [5.74, 6) is -0.0708. The summed E-state index contributed by atoms with van der Waals surface area (Å²) in [7, 11) is 2.09. The minimum atomic E-state index is -0.0708. The van der Waals surface area contributed by atoms with Crippen molar-refractivity contribution in [3.05, 3.63) is 42.0 Å². The highest BCUT2D eigenvalue weighted by Crippen LogP contribution is 2.22. The summed E-state index contributed by atoms with van der Waals surface area (Å²) in [6.07, 6.45) is 2.15. The first-order valence-corrected chi connectivity index (χ1v) is 7.41. The van der Waals surface area contributed by atoms with Gasteiger partial charge in [-0.1, -0.05) is 24.3 Å². The molecule has 2 aromatic rings. The molecule has 1 unspecified atom stereocenters. The fraction of sp³-hybridized carbons (Fsp3) is 0.353. The van der Waals surface area contributed by atoms with Crippen molar-refractivity contribution in [2.24, 2.45) is 0 Å². The van der Waals surface area contributed by atoms with E-state index in [0.29, 0.717) is 11.3 Å². The maximum Gasteiger partial charge on any atom is 0.253 e. The number of benzene rings is 2. The van der Waals surface area contributed by atoms with Gasteiger partial charge in [-0.05, 0) is 49.3 Å². The molecular weight excluding hydrogens is 262 g/mol. The summed E-state index contributed by atoms with van der Waals surface area (Å²) in [5.41, 5.74) is 7.16. The highest BCUT2D eigenvalue weighted by atomic mass is 16.1. The fourth-order valence-electron chi connectivity index (χ4n) is 3.00. The van der Waals surface area contributed by atoms with E-state index in [1.807, 2.05) is 36.4 Å². The number of likely N-dealkylation sites (N-methyl/N-ethyl adjacent to an activating group) is 1. The molecule has 0 aliphatic carbocycles. The van der Waals surface area contributed by atoms with E-state index < -0.39 is 0 Å². The summed E-state index contributed by atoms with van der Waals surface area (Å²) < 4.78 is 0. The van der Waals surface area contributed by atoms with Crippen LogP contribution in [-0.2, 0) is 0 Å². The summed E-state index contributed by atoms with van der Waals surface area (Å²) in [5, 5.41) is 5.21. The Hall–Kier alpha value is -2.07. The molecule has 110 valence electrons. The van der Waals surface area contributed by atoms with Crippen LogP contribution < -0.4 is 11.1 Å². The predicted octanol–water partition coefficient (Wildman–Crippen LogP) is 2.25. The number of fused-ring (bicyclic) bond motifs is 1. The SMILES string of the molecule is CN1CCCC(NC(=O)c2cc3ccccc3cc2N)C1. The number of nitrogens with one attached hydrogen (secondary N) is 1. The number of anilines is 1. The minimum Gasteiger partial charge on any atom is -0.398 e. The van der Waals surface area contributed by atoms with Crippen LogP contribution in [0.2, 0.25) is 0 Å². The zero-order valence-electron chi connectivity index (χ0n) is 12.3. The molecule has 1 heterocycles. The Kier molecular flexibility index (Phi) is 3.80. The van der Waals surface area contributed by atoms with Crippen molar-refractivity contribution in [1.82, 2.24) is 10.2 Å². The Morgan fingerprint density at radius 3 is 2.71 bits per heavy atom. The zero-order valence-corrected chi connectivity index (χ0v) is 12.3. The Bertz CT molecular complexity index is 668. The lowest BCUT2D eigenvalue weighted by molar-refractivity contribution is 0.0913. The van der Waals surface area contributed by atoms with Gasteiger partial charge in [0.1, 0.15) is 0 Å². The molecule has 3 N–H and O–H groups in total. The number of nitrogens with zero attached hydrogens (tertiary/aromatic N) is 1. The molecule has 1 fully saturated rings. The van der Waals surface area contributed by atoms with Crippen LogP contribution >= 0.6 is 0 Å². The van der Waals surface area contributed by atoms with E-state index in [2.05, 4.69) is 17.3 Å². The quantitative estimate of drug-likeness (QED) is 0.831. The van der Waals surface area contributed by atoms with E-state index in [1.165, 1.54) is 0 Å². The number of rotatable bonds is 2. The van der Waals surface area contributed by atoms with Gasteiger partial charge in [0, 0.05) is 18.3 Å². The fourth-order valence-corrected chi connectivity index (χ4v) is 3.00. The molecular formula is C17H21N3O. The van der Waals surface area contributed by atoms with E-state index in [9.17, 15) is 4.79 Å². The Balaban J connectivity index is 1.82. The number of nitrogen functional groups attached to an aromatic ring is 1. The summed E-state index contributed by atoms with van der Waals surface area (Å²) >= 11 is 0. The van der Waals surface area contributed by atoms with Crippen LogP contribution in [0.5, 0.6) is 0 Å². The van der Waals surface area contributed by atoms with Crippen LogP contribution in [0.4, 0.5) is 5.69 Å². The van der Waals surface area contributed by atoms with Gasteiger partial charge in [-0.25, -0.2) is 0 Å². The highest BCUT2D eigenvalue weighted by molar-refractivity contribution is 6.04. The zero-order chi connectivity index (χ0) is 14.8. The normalized spacial score (nSPS) is 19.6. The molecule has 0 aromatic heterocycles. The van der Waals surface area contributed by atoms with Crippen LogP contribution in [0.15, 0.2) is 36.4 Å². The van der Waals surface area contributed by atoms with Gasteiger partial charge in [0.25, 0.3) is 5.91 Å². The van der Waals surface area contributed by atoms with E-state index in [0.717, 1.165) is 36.7 Å². The molecule has 0 spiro atoms. The molecule has 1 saturated heterocycles. The Morgan fingerprint density at radius 2 is 2.00 bits per heavy atom. The van der Waals surface area contributed by atoms with Crippen molar-refractivity contribution in [3.63, 3.8) is 0 Å². The number of likely N-dealkylation sites (tertiary alicyclic amines) is 1. The van der Waals surface area contributed by atoms with Gasteiger partial charge in [-0.2, -0.15) is 0 Å². The Labute approximate surface area is 124 Å². The molecule has 4 nitrogen and oxygen atoms in total. The molecule has 0 bridgehead atoms. The van der Waals surface area contributed by atoms with Gasteiger partial charge in [0.2, 0.25) is 0 Å². The van der Waals surface area contributed by atoms with Crippen LogP contribution in [-0.4, -0.2) is 37.0 Å². The van der Waals surface area contributed by atoms with Gasteiger partial charge >= 0.3 is 0 Å². The molecule has 0 saturated carbocycles. The number of hydrogen-bond donors (Lipinski definition) is 2. The monoisotopic (exact) mass is 283 g/mol.